The maximum absolute atomic E-state index is 11.8. The molecule has 0 fully saturated rings. The molecule has 1 aromatic rings. The minimum absolute atomic E-state index is 0.00541. The second kappa shape index (κ2) is 5.82. The van der Waals surface area contributed by atoms with E-state index in [-0.39, 0.29) is 23.8 Å². The van der Waals surface area contributed by atoms with Crippen molar-refractivity contribution in [1.82, 2.24) is 4.90 Å². The van der Waals surface area contributed by atoms with Crippen LogP contribution in [0.3, 0.4) is 0 Å². The van der Waals surface area contributed by atoms with Crippen LogP contribution in [0.4, 0.5) is 0 Å². The lowest BCUT2D eigenvalue weighted by Crippen LogP contribution is -2.24. The van der Waals surface area contributed by atoms with Crippen LogP contribution in [-0.2, 0) is 20.4 Å². The molecule has 0 unspecified atom stereocenters. The molecule has 0 spiro atoms. The Bertz CT molecular complexity index is 466. The molecule has 0 heterocycles. The predicted molar refractivity (Wildman–Crippen MR) is 67.2 cm³/mol. The summed E-state index contributed by atoms with van der Waals surface area (Å²) in [7, 11) is 0.0237. The lowest BCUT2D eigenvalue weighted by atomic mass is 10.2. The van der Waals surface area contributed by atoms with Crippen LogP contribution in [0.15, 0.2) is 30.3 Å². The Hall–Kier alpha value is -1.36. The number of carbonyl (C=O) groups excluding carboxylic acids is 1. The number of hydrogen-bond donors (Lipinski definition) is 0. The minimum Gasteiger partial charge on any atom is -0.349 e. The van der Waals surface area contributed by atoms with Crippen LogP contribution >= 0.6 is 0 Å². The second-order valence-corrected chi connectivity index (χ2v) is 6.30. The zero-order chi connectivity index (χ0) is 12.9. The van der Waals surface area contributed by atoms with Crippen LogP contribution in [0.2, 0.25) is 0 Å². The molecule has 0 radical (unpaired) electrons. The van der Waals surface area contributed by atoms with E-state index in [1.54, 1.807) is 38.4 Å². The number of hydrogen-bond acceptors (Lipinski definition) is 3. The molecule has 94 valence electrons. The summed E-state index contributed by atoms with van der Waals surface area (Å²) in [5.74, 6) is -0.269. The van der Waals surface area contributed by atoms with Crippen molar-refractivity contribution in [2.75, 3.05) is 19.8 Å². The van der Waals surface area contributed by atoms with Crippen LogP contribution in [0.1, 0.15) is 12.0 Å². The highest BCUT2D eigenvalue weighted by Crippen LogP contribution is 2.07. The van der Waals surface area contributed by atoms with Crippen LogP contribution in [-0.4, -0.2) is 39.1 Å². The Morgan fingerprint density at radius 1 is 1.18 bits per heavy atom. The summed E-state index contributed by atoms with van der Waals surface area (Å²) >= 11 is 0. The van der Waals surface area contributed by atoms with Crippen molar-refractivity contribution in [3.63, 3.8) is 0 Å². The van der Waals surface area contributed by atoms with E-state index in [1.165, 1.54) is 4.90 Å². The summed E-state index contributed by atoms with van der Waals surface area (Å²) in [6, 6.07) is 8.98. The van der Waals surface area contributed by atoms with Crippen molar-refractivity contribution in [2.45, 2.75) is 12.2 Å². The quantitative estimate of drug-likeness (QED) is 0.791. The molecule has 17 heavy (non-hydrogen) atoms. The van der Waals surface area contributed by atoms with E-state index in [4.69, 9.17) is 0 Å². The molecule has 0 aliphatic rings. The Morgan fingerprint density at radius 2 is 1.76 bits per heavy atom. The molecular weight excluding hydrogens is 238 g/mol. The van der Waals surface area contributed by atoms with Crippen LogP contribution in [0, 0.1) is 0 Å². The van der Waals surface area contributed by atoms with Gasteiger partial charge in [0.15, 0.2) is 9.84 Å². The summed E-state index contributed by atoms with van der Waals surface area (Å²) in [5.41, 5.74) is 0.754. The molecular formula is C12H17NO3S. The third-order valence-corrected chi connectivity index (χ3v) is 3.95. The highest BCUT2D eigenvalue weighted by atomic mass is 32.2. The zero-order valence-corrected chi connectivity index (χ0v) is 10.9. The van der Waals surface area contributed by atoms with E-state index in [1.807, 2.05) is 6.07 Å². The maximum Gasteiger partial charge on any atom is 0.223 e. The molecule has 0 aliphatic heterocycles. The van der Waals surface area contributed by atoms with Crippen molar-refractivity contribution < 1.29 is 13.2 Å². The van der Waals surface area contributed by atoms with Gasteiger partial charge in [0.2, 0.25) is 5.91 Å². The van der Waals surface area contributed by atoms with Crippen molar-refractivity contribution in [3.05, 3.63) is 35.9 Å². The van der Waals surface area contributed by atoms with E-state index in [0.29, 0.717) is 0 Å². The smallest absolute Gasteiger partial charge is 0.223 e. The molecule has 0 saturated carbocycles. The molecule has 1 rings (SSSR count). The number of carbonyl (C=O) groups is 1. The van der Waals surface area contributed by atoms with Crippen LogP contribution < -0.4 is 0 Å². The van der Waals surface area contributed by atoms with Gasteiger partial charge in [-0.2, -0.15) is 0 Å². The SMILES string of the molecule is CN(C)C(=O)CCS(=O)(=O)Cc1ccccc1. The first-order chi connectivity index (χ1) is 7.91. The first-order valence-corrected chi connectivity index (χ1v) is 7.17. The van der Waals surface area contributed by atoms with E-state index in [2.05, 4.69) is 0 Å². The van der Waals surface area contributed by atoms with E-state index >= 15 is 0 Å². The van der Waals surface area contributed by atoms with E-state index in [0.717, 1.165) is 5.56 Å². The first kappa shape index (κ1) is 13.7. The van der Waals surface area contributed by atoms with E-state index in [9.17, 15) is 13.2 Å². The Balaban J connectivity index is 2.56. The molecule has 0 aromatic heterocycles. The van der Waals surface area contributed by atoms with Gasteiger partial charge in [0.1, 0.15) is 0 Å². The van der Waals surface area contributed by atoms with Crippen molar-refractivity contribution in [2.24, 2.45) is 0 Å². The summed E-state index contributed by atoms with van der Waals surface area (Å²) in [6.45, 7) is 0. The molecule has 1 amide bonds. The van der Waals surface area contributed by atoms with E-state index < -0.39 is 9.84 Å². The first-order valence-electron chi connectivity index (χ1n) is 5.35. The number of amides is 1. The van der Waals surface area contributed by atoms with Crippen molar-refractivity contribution >= 4 is 15.7 Å². The van der Waals surface area contributed by atoms with Gasteiger partial charge in [-0.3, -0.25) is 4.79 Å². The highest BCUT2D eigenvalue weighted by Gasteiger charge is 2.15. The Morgan fingerprint density at radius 3 is 2.29 bits per heavy atom. The molecule has 0 saturated heterocycles. The van der Waals surface area contributed by atoms with Crippen LogP contribution in [0.25, 0.3) is 0 Å². The molecule has 0 atom stereocenters. The third kappa shape index (κ3) is 4.99. The molecule has 0 N–H and O–H groups in total. The summed E-state index contributed by atoms with van der Waals surface area (Å²) in [4.78, 5) is 12.7. The summed E-state index contributed by atoms with van der Waals surface area (Å²) < 4.78 is 23.5. The number of rotatable bonds is 5. The second-order valence-electron chi connectivity index (χ2n) is 4.12. The molecule has 4 nitrogen and oxygen atoms in total. The fourth-order valence-corrected chi connectivity index (χ4v) is 2.70. The Labute approximate surface area is 102 Å². The molecule has 1 aromatic carbocycles. The minimum atomic E-state index is -3.21. The van der Waals surface area contributed by atoms with Crippen molar-refractivity contribution in [3.8, 4) is 0 Å². The standard InChI is InChI=1S/C12H17NO3S/c1-13(2)12(14)8-9-17(15,16)10-11-6-4-3-5-7-11/h3-7H,8-10H2,1-2H3. The summed E-state index contributed by atoms with van der Waals surface area (Å²) in [5, 5.41) is 0. The highest BCUT2D eigenvalue weighted by molar-refractivity contribution is 7.90. The van der Waals surface area contributed by atoms with Gasteiger partial charge >= 0.3 is 0 Å². The normalized spacial score (nSPS) is 11.2. The zero-order valence-electron chi connectivity index (χ0n) is 10.1. The Kier molecular flexibility index (Phi) is 4.69. The van der Waals surface area contributed by atoms with Gasteiger partial charge in [0, 0.05) is 20.5 Å². The van der Waals surface area contributed by atoms with Crippen molar-refractivity contribution in [1.29, 1.82) is 0 Å². The predicted octanol–water partition coefficient (Wildman–Crippen LogP) is 1.08. The monoisotopic (exact) mass is 255 g/mol. The van der Waals surface area contributed by atoms with Gasteiger partial charge in [-0.1, -0.05) is 30.3 Å². The van der Waals surface area contributed by atoms with Gasteiger partial charge in [-0.05, 0) is 5.56 Å². The van der Waals surface area contributed by atoms with Gasteiger partial charge in [-0.25, -0.2) is 8.42 Å². The topological polar surface area (TPSA) is 54.5 Å². The fraction of sp³-hybridized carbons (Fsp3) is 0.417. The molecule has 0 bridgehead atoms. The van der Waals surface area contributed by atoms with Crippen LogP contribution in [0.5, 0.6) is 0 Å². The number of nitrogens with zero attached hydrogens (tertiary/aromatic N) is 1. The van der Waals surface area contributed by atoms with Gasteiger partial charge in [0.05, 0.1) is 11.5 Å². The summed E-state index contributed by atoms with van der Waals surface area (Å²) in [6.07, 6.45) is 0.0438. The lowest BCUT2D eigenvalue weighted by Gasteiger charge is -2.10. The number of benzene rings is 1. The molecule has 0 aliphatic carbocycles. The largest absolute Gasteiger partial charge is 0.349 e. The molecule has 5 heteroatoms. The average molecular weight is 255 g/mol. The van der Waals surface area contributed by atoms with Gasteiger partial charge in [0.25, 0.3) is 0 Å². The van der Waals surface area contributed by atoms with Gasteiger partial charge < -0.3 is 4.90 Å². The maximum atomic E-state index is 11.8. The average Bonchev–Trinajstić information content (AvgIpc) is 2.26. The fourth-order valence-electron chi connectivity index (χ4n) is 1.37. The third-order valence-electron chi connectivity index (χ3n) is 2.36. The lowest BCUT2D eigenvalue weighted by molar-refractivity contribution is -0.128. The number of sulfone groups is 1. The van der Waals surface area contributed by atoms with Gasteiger partial charge in [-0.15, -0.1) is 0 Å².